The number of ether oxygens (including phenoxy) is 1. The van der Waals surface area contributed by atoms with Crippen LogP contribution in [0.25, 0.3) is 0 Å². The molecule has 106 valence electrons. The third kappa shape index (κ3) is 3.84. The van der Waals surface area contributed by atoms with Crippen molar-refractivity contribution in [2.45, 2.75) is 25.8 Å². The van der Waals surface area contributed by atoms with Gasteiger partial charge in [0.15, 0.2) is 0 Å². The first-order valence-electron chi connectivity index (χ1n) is 7.13. The van der Waals surface area contributed by atoms with Crippen molar-refractivity contribution in [3.8, 4) is 5.75 Å². The smallest absolute Gasteiger partial charge is 0.119 e. The molecule has 0 aromatic heterocycles. The molecular formula is C18H23NO. The largest absolute Gasteiger partial charge is 0.497 e. The van der Waals surface area contributed by atoms with E-state index in [2.05, 4.69) is 61.6 Å². The number of rotatable bonds is 6. The van der Waals surface area contributed by atoms with Crippen molar-refractivity contribution in [2.75, 3.05) is 13.7 Å². The summed E-state index contributed by atoms with van der Waals surface area (Å²) in [6.45, 7) is 5.40. The lowest BCUT2D eigenvalue weighted by molar-refractivity contribution is 0.413. The fourth-order valence-corrected chi connectivity index (χ4v) is 2.28. The molecule has 20 heavy (non-hydrogen) atoms. The number of benzene rings is 2. The van der Waals surface area contributed by atoms with Gasteiger partial charge in [-0.2, -0.15) is 0 Å². The summed E-state index contributed by atoms with van der Waals surface area (Å²) in [6.07, 6.45) is 0. The molecule has 0 saturated carbocycles. The molecule has 0 amide bonds. The zero-order valence-electron chi connectivity index (χ0n) is 12.5. The summed E-state index contributed by atoms with van der Waals surface area (Å²) in [7, 11) is 1.70. The Morgan fingerprint density at radius 3 is 2.35 bits per heavy atom. The first-order chi connectivity index (χ1) is 9.70. The molecule has 2 aromatic carbocycles. The Balaban J connectivity index is 1.93. The average Bonchev–Trinajstić information content (AvgIpc) is 2.53. The predicted octanol–water partition coefficient (Wildman–Crippen LogP) is 4.15. The zero-order chi connectivity index (χ0) is 14.4. The molecule has 2 atom stereocenters. The van der Waals surface area contributed by atoms with Gasteiger partial charge in [-0.1, -0.05) is 49.4 Å². The third-order valence-electron chi connectivity index (χ3n) is 3.69. The summed E-state index contributed by atoms with van der Waals surface area (Å²) >= 11 is 0. The molecule has 2 rings (SSSR count). The summed E-state index contributed by atoms with van der Waals surface area (Å²) in [5.74, 6) is 1.41. The SMILES string of the molecule is COc1cccc([C@H](C)NCC(C)c2ccccc2)c1. The standard InChI is InChI=1S/C18H23NO/c1-14(16-8-5-4-6-9-16)13-19-15(2)17-10-7-11-18(12-17)20-3/h4-12,14-15,19H,13H2,1-3H3/t14?,15-/m0/s1. The van der Waals surface area contributed by atoms with Crippen LogP contribution in [0.15, 0.2) is 54.6 Å². The van der Waals surface area contributed by atoms with E-state index >= 15 is 0 Å². The predicted molar refractivity (Wildman–Crippen MR) is 84.3 cm³/mol. The van der Waals surface area contributed by atoms with Crippen LogP contribution < -0.4 is 10.1 Å². The maximum atomic E-state index is 5.27. The fraction of sp³-hybridized carbons (Fsp3) is 0.333. The molecule has 2 heteroatoms. The van der Waals surface area contributed by atoms with Crippen LogP contribution in [0.4, 0.5) is 0 Å². The monoisotopic (exact) mass is 269 g/mol. The Bertz CT molecular complexity index is 524. The minimum Gasteiger partial charge on any atom is -0.497 e. The number of hydrogen-bond donors (Lipinski definition) is 1. The topological polar surface area (TPSA) is 21.3 Å². The van der Waals surface area contributed by atoms with E-state index in [1.165, 1.54) is 11.1 Å². The van der Waals surface area contributed by atoms with Crippen LogP contribution >= 0.6 is 0 Å². The van der Waals surface area contributed by atoms with Crippen molar-refractivity contribution in [1.82, 2.24) is 5.32 Å². The summed E-state index contributed by atoms with van der Waals surface area (Å²) in [5, 5.41) is 3.59. The van der Waals surface area contributed by atoms with E-state index in [0.717, 1.165) is 12.3 Å². The molecule has 0 spiro atoms. The molecule has 0 bridgehead atoms. The van der Waals surface area contributed by atoms with Gasteiger partial charge in [-0.25, -0.2) is 0 Å². The van der Waals surface area contributed by atoms with Crippen molar-refractivity contribution in [1.29, 1.82) is 0 Å². The lowest BCUT2D eigenvalue weighted by atomic mass is 10.0. The van der Waals surface area contributed by atoms with Gasteiger partial charge in [0, 0.05) is 12.6 Å². The summed E-state index contributed by atoms with van der Waals surface area (Å²) in [4.78, 5) is 0. The van der Waals surface area contributed by atoms with Gasteiger partial charge in [-0.05, 0) is 36.1 Å². The molecule has 0 aliphatic heterocycles. The molecular weight excluding hydrogens is 246 g/mol. The quantitative estimate of drug-likeness (QED) is 0.850. The average molecular weight is 269 g/mol. The van der Waals surface area contributed by atoms with E-state index in [-0.39, 0.29) is 0 Å². The third-order valence-corrected chi connectivity index (χ3v) is 3.69. The van der Waals surface area contributed by atoms with Gasteiger partial charge in [-0.15, -0.1) is 0 Å². The van der Waals surface area contributed by atoms with E-state index in [1.54, 1.807) is 7.11 Å². The second-order valence-corrected chi connectivity index (χ2v) is 5.22. The van der Waals surface area contributed by atoms with Crippen molar-refractivity contribution in [2.24, 2.45) is 0 Å². The molecule has 0 aliphatic rings. The molecule has 1 N–H and O–H groups in total. The van der Waals surface area contributed by atoms with Crippen molar-refractivity contribution in [3.05, 3.63) is 65.7 Å². The van der Waals surface area contributed by atoms with Gasteiger partial charge in [-0.3, -0.25) is 0 Å². The van der Waals surface area contributed by atoms with Gasteiger partial charge in [0.2, 0.25) is 0 Å². The Morgan fingerprint density at radius 2 is 1.65 bits per heavy atom. The fourth-order valence-electron chi connectivity index (χ4n) is 2.28. The Labute approximate surface area is 121 Å². The van der Waals surface area contributed by atoms with Crippen LogP contribution in [-0.4, -0.2) is 13.7 Å². The van der Waals surface area contributed by atoms with E-state index in [9.17, 15) is 0 Å². The Morgan fingerprint density at radius 1 is 0.950 bits per heavy atom. The molecule has 0 radical (unpaired) electrons. The highest BCUT2D eigenvalue weighted by Gasteiger charge is 2.09. The van der Waals surface area contributed by atoms with Gasteiger partial charge in [0.05, 0.1) is 7.11 Å². The maximum absolute atomic E-state index is 5.27. The molecule has 0 heterocycles. The first kappa shape index (κ1) is 14.6. The highest BCUT2D eigenvalue weighted by Crippen LogP contribution is 2.20. The summed E-state index contributed by atoms with van der Waals surface area (Å²) < 4.78 is 5.27. The summed E-state index contributed by atoms with van der Waals surface area (Å²) in [6, 6.07) is 19.2. The molecule has 1 unspecified atom stereocenters. The Kier molecular flexibility index (Phi) is 5.19. The van der Waals surface area contributed by atoms with Gasteiger partial charge >= 0.3 is 0 Å². The van der Waals surface area contributed by atoms with Crippen molar-refractivity contribution in [3.63, 3.8) is 0 Å². The first-order valence-corrected chi connectivity index (χ1v) is 7.13. The van der Waals surface area contributed by atoms with Gasteiger partial charge in [0.25, 0.3) is 0 Å². The highest BCUT2D eigenvalue weighted by atomic mass is 16.5. The van der Waals surface area contributed by atoms with Gasteiger partial charge < -0.3 is 10.1 Å². The van der Waals surface area contributed by atoms with Gasteiger partial charge in [0.1, 0.15) is 5.75 Å². The molecule has 0 aliphatic carbocycles. The van der Waals surface area contributed by atoms with Crippen LogP contribution in [0, 0.1) is 0 Å². The minimum atomic E-state index is 0.316. The Hall–Kier alpha value is -1.80. The summed E-state index contributed by atoms with van der Waals surface area (Å²) in [5.41, 5.74) is 2.63. The lowest BCUT2D eigenvalue weighted by Crippen LogP contribution is -2.23. The van der Waals surface area contributed by atoms with E-state index in [1.807, 2.05) is 12.1 Å². The number of methoxy groups -OCH3 is 1. The minimum absolute atomic E-state index is 0.316. The van der Waals surface area contributed by atoms with Crippen LogP contribution in [-0.2, 0) is 0 Å². The zero-order valence-corrected chi connectivity index (χ0v) is 12.5. The second-order valence-electron chi connectivity index (χ2n) is 5.22. The molecule has 2 nitrogen and oxygen atoms in total. The molecule has 0 fully saturated rings. The van der Waals surface area contributed by atoms with Crippen LogP contribution in [0.5, 0.6) is 5.75 Å². The lowest BCUT2D eigenvalue weighted by Gasteiger charge is -2.19. The van der Waals surface area contributed by atoms with E-state index < -0.39 is 0 Å². The number of hydrogen-bond acceptors (Lipinski definition) is 2. The van der Waals surface area contributed by atoms with E-state index in [4.69, 9.17) is 4.74 Å². The molecule has 0 saturated heterocycles. The number of nitrogens with one attached hydrogen (secondary N) is 1. The maximum Gasteiger partial charge on any atom is 0.119 e. The van der Waals surface area contributed by atoms with Crippen LogP contribution in [0.1, 0.15) is 36.9 Å². The van der Waals surface area contributed by atoms with E-state index in [0.29, 0.717) is 12.0 Å². The highest BCUT2D eigenvalue weighted by molar-refractivity contribution is 5.30. The van der Waals surface area contributed by atoms with Crippen LogP contribution in [0.2, 0.25) is 0 Å². The normalized spacial score (nSPS) is 13.8. The van der Waals surface area contributed by atoms with Crippen LogP contribution in [0.3, 0.4) is 0 Å². The molecule has 2 aromatic rings. The van der Waals surface area contributed by atoms with Crippen molar-refractivity contribution >= 4 is 0 Å². The second kappa shape index (κ2) is 7.11. The van der Waals surface area contributed by atoms with Crippen molar-refractivity contribution < 1.29 is 4.74 Å².